The third kappa shape index (κ3) is 2.87. The van der Waals surface area contributed by atoms with Gasteiger partial charge in [0.2, 0.25) is 5.91 Å². The predicted molar refractivity (Wildman–Crippen MR) is 78.2 cm³/mol. The van der Waals surface area contributed by atoms with E-state index in [0.717, 1.165) is 25.1 Å². The highest BCUT2D eigenvalue weighted by atomic mass is 16.1. The predicted octanol–water partition coefficient (Wildman–Crippen LogP) is 2.31. The van der Waals surface area contributed by atoms with E-state index in [2.05, 4.69) is 17.3 Å². The molecule has 0 aliphatic heterocycles. The van der Waals surface area contributed by atoms with Gasteiger partial charge in [-0.1, -0.05) is 6.42 Å². The van der Waals surface area contributed by atoms with Crippen molar-refractivity contribution < 1.29 is 4.79 Å². The average Bonchev–Trinajstić information content (AvgIpc) is 3.06. The molecule has 3 atom stereocenters. The first-order chi connectivity index (χ1) is 9.65. The molecule has 1 amide bonds. The zero-order valence-corrected chi connectivity index (χ0v) is 12.1. The Kier molecular flexibility index (Phi) is 3.78. The maximum Gasteiger partial charge on any atom is 0.225 e. The largest absolute Gasteiger partial charge is 0.327 e. The second-order valence-corrected chi connectivity index (χ2v) is 6.35. The Labute approximate surface area is 119 Å². The highest BCUT2D eigenvalue weighted by molar-refractivity contribution is 5.90. The molecule has 0 bridgehead atoms. The third-order valence-corrected chi connectivity index (χ3v) is 4.79. The fourth-order valence-electron chi connectivity index (χ4n) is 3.27. The third-order valence-electron chi connectivity index (χ3n) is 4.79. The van der Waals surface area contributed by atoms with Crippen LogP contribution in [0.15, 0.2) is 12.3 Å². The highest BCUT2D eigenvalue weighted by Gasteiger charge is 2.31. The molecule has 0 radical (unpaired) electrons. The molecule has 1 aromatic heterocycles. The number of nitrogens with two attached hydrogens (primary N) is 1. The molecule has 0 saturated heterocycles. The fourth-order valence-corrected chi connectivity index (χ4v) is 3.27. The van der Waals surface area contributed by atoms with Crippen LogP contribution in [0, 0.1) is 11.8 Å². The van der Waals surface area contributed by atoms with Crippen LogP contribution in [0.3, 0.4) is 0 Å². The minimum atomic E-state index is 0.0668. The van der Waals surface area contributed by atoms with Gasteiger partial charge in [0, 0.05) is 18.5 Å². The molecule has 2 saturated carbocycles. The molecule has 110 valence electrons. The van der Waals surface area contributed by atoms with Crippen molar-refractivity contribution in [3.05, 3.63) is 12.3 Å². The first-order valence-corrected chi connectivity index (χ1v) is 7.74. The van der Waals surface area contributed by atoms with Gasteiger partial charge in [0.15, 0.2) is 0 Å². The van der Waals surface area contributed by atoms with Crippen LogP contribution in [0.1, 0.15) is 51.5 Å². The molecule has 3 rings (SSSR count). The number of amides is 1. The second kappa shape index (κ2) is 5.56. The summed E-state index contributed by atoms with van der Waals surface area (Å²) in [4.78, 5) is 12.2. The van der Waals surface area contributed by atoms with Gasteiger partial charge in [0.05, 0.1) is 12.2 Å². The smallest absolute Gasteiger partial charge is 0.225 e. The maximum atomic E-state index is 12.2. The van der Waals surface area contributed by atoms with E-state index in [9.17, 15) is 4.79 Å². The van der Waals surface area contributed by atoms with Gasteiger partial charge in [0.1, 0.15) is 5.82 Å². The number of carbonyl (C=O) groups is 1. The highest BCUT2D eigenvalue weighted by Crippen LogP contribution is 2.40. The molecule has 5 heteroatoms. The SMILES string of the molecule is CC(C1CC1)n1nccc1NC(=O)C[C@@H]1CCC[C@H]1N. The summed E-state index contributed by atoms with van der Waals surface area (Å²) in [5.74, 6) is 1.94. The van der Waals surface area contributed by atoms with Crippen LogP contribution in [-0.4, -0.2) is 21.7 Å². The van der Waals surface area contributed by atoms with Crippen molar-refractivity contribution in [2.24, 2.45) is 17.6 Å². The molecule has 1 heterocycles. The van der Waals surface area contributed by atoms with E-state index >= 15 is 0 Å². The summed E-state index contributed by atoms with van der Waals surface area (Å²) < 4.78 is 1.95. The summed E-state index contributed by atoms with van der Waals surface area (Å²) in [5, 5.41) is 7.36. The van der Waals surface area contributed by atoms with Gasteiger partial charge >= 0.3 is 0 Å². The summed E-state index contributed by atoms with van der Waals surface area (Å²) in [6.45, 7) is 2.17. The Morgan fingerprint density at radius 1 is 1.50 bits per heavy atom. The summed E-state index contributed by atoms with van der Waals surface area (Å²) >= 11 is 0. The Bertz CT molecular complexity index is 480. The molecule has 3 N–H and O–H groups in total. The number of aromatic nitrogens is 2. The van der Waals surface area contributed by atoms with Gasteiger partial charge in [-0.25, -0.2) is 4.68 Å². The van der Waals surface area contributed by atoms with Gasteiger partial charge in [-0.2, -0.15) is 5.10 Å². The molecule has 2 fully saturated rings. The normalized spacial score (nSPS) is 27.5. The zero-order valence-electron chi connectivity index (χ0n) is 12.1. The number of hydrogen-bond donors (Lipinski definition) is 2. The molecule has 2 aliphatic carbocycles. The topological polar surface area (TPSA) is 72.9 Å². The van der Waals surface area contributed by atoms with E-state index in [1.165, 1.54) is 12.8 Å². The van der Waals surface area contributed by atoms with Gasteiger partial charge in [-0.15, -0.1) is 0 Å². The van der Waals surface area contributed by atoms with Crippen LogP contribution in [0.5, 0.6) is 0 Å². The van der Waals surface area contributed by atoms with Crippen molar-refractivity contribution in [2.75, 3.05) is 5.32 Å². The van der Waals surface area contributed by atoms with E-state index in [1.54, 1.807) is 6.20 Å². The molecule has 0 aromatic carbocycles. The molecular weight excluding hydrogens is 252 g/mol. The molecule has 1 aromatic rings. The van der Waals surface area contributed by atoms with Crippen LogP contribution in [0.25, 0.3) is 0 Å². The molecule has 2 aliphatic rings. The Balaban J connectivity index is 1.59. The molecule has 20 heavy (non-hydrogen) atoms. The van der Waals surface area contributed by atoms with Crippen molar-refractivity contribution in [1.82, 2.24) is 9.78 Å². The Morgan fingerprint density at radius 3 is 2.95 bits per heavy atom. The molecule has 0 spiro atoms. The van der Waals surface area contributed by atoms with Gasteiger partial charge < -0.3 is 11.1 Å². The summed E-state index contributed by atoms with van der Waals surface area (Å²) in [6.07, 6.45) is 8.10. The minimum Gasteiger partial charge on any atom is -0.327 e. The monoisotopic (exact) mass is 276 g/mol. The minimum absolute atomic E-state index is 0.0668. The lowest BCUT2D eigenvalue weighted by atomic mass is 10.00. The lowest BCUT2D eigenvalue weighted by Crippen LogP contribution is -2.28. The van der Waals surface area contributed by atoms with Crippen molar-refractivity contribution in [2.45, 2.75) is 57.5 Å². The quantitative estimate of drug-likeness (QED) is 0.866. The maximum absolute atomic E-state index is 12.2. The Hall–Kier alpha value is -1.36. The standard InChI is InChI=1S/C15H24N4O/c1-10(11-5-6-11)19-14(7-8-17-19)18-15(20)9-12-3-2-4-13(12)16/h7-8,10-13H,2-6,9,16H2,1H3,(H,18,20)/t10?,12-,13+/m0/s1. The lowest BCUT2D eigenvalue weighted by molar-refractivity contribution is -0.117. The van der Waals surface area contributed by atoms with E-state index in [4.69, 9.17) is 5.73 Å². The fraction of sp³-hybridized carbons (Fsp3) is 0.733. The number of anilines is 1. The first kappa shape index (κ1) is 13.6. The van der Waals surface area contributed by atoms with Gasteiger partial charge in [-0.3, -0.25) is 4.79 Å². The number of carbonyl (C=O) groups excluding carboxylic acids is 1. The van der Waals surface area contributed by atoms with Crippen molar-refractivity contribution in [1.29, 1.82) is 0 Å². The van der Waals surface area contributed by atoms with Crippen LogP contribution in [-0.2, 0) is 4.79 Å². The summed E-state index contributed by atoms with van der Waals surface area (Å²) in [5.41, 5.74) is 6.03. The molecule has 5 nitrogen and oxygen atoms in total. The van der Waals surface area contributed by atoms with E-state index in [0.29, 0.717) is 24.3 Å². The average molecular weight is 276 g/mol. The van der Waals surface area contributed by atoms with Crippen LogP contribution >= 0.6 is 0 Å². The van der Waals surface area contributed by atoms with Crippen LogP contribution in [0.4, 0.5) is 5.82 Å². The van der Waals surface area contributed by atoms with Crippen LogP contribution in [0.2, 0.25) is 0 Å². The van der Waals surface area contributed by atoms with Crippen molar-refractivity contribution >= 4 is 11.7 Å². The first-order valence-electron chi connectivity index (χ1n) is 7.74. The summed E-state index contributed by atoms with van der Waals surface area (Å²) in [7, 11) is 0. The second-order valence-electron chi connectivity index (χ2n) is 6.35. The lowest BCUT2D eigenvalue weighted by Gasteiger charge is -2.17. The van der Waals surface area contributed by atoms with Crippen molar-refractivity contribution in [3.63, 3.8) is 0 Å². The van der Waals surface area contributed by atoms with E-state index in [-0.39, 0.29) is 11.9 Å². The van der Waals surface area contributed by atoms with E-state index in [1.807, 2.05) is 10.7 Å². The number of nitrogens with one attached hydrogen (secondary N) is 1. The zero-order chi connectivity index (χ0) is 14.1. The summed E-state index contributed by atoms with van der Waals surface area (Å²) in [6, 6.07) is 2.44. The number of hydrogen-bond acceptors (Lipinski definition) is 3. The number of nitrogens with zero attached hydrogens (tertiary/aromatic N) is 2. The van der Waals surface area contributed by atoms with Gasteiger partial charge in [-0.05, 0) is 44.4 Å². The van der Waals surface area contributed by atoms with Crippen molar-refractivity contribution in [3.8, 4) is 0 Å². The number of rotatable bonds is 5. The Morgan fingerprint density at radius 2 is 2.30 bits per heavy atom. The van der Waals surface area contributed by atoms with Gasteiger partial charge in [0.25, 0.3) is 0 Å². The van der Waals surface area contributed by atoms with Crippen LogP contribution < -0.4 is 11.1 Å². The molecular formula is C15H24N4O. The van der Waals surface area contributed by atoms with E-state index < -0.39 is 0 Å². The molecule has 1 unspecified atom stereocenters.